The van der Waals surface area contributed by atoms with E-state index in [2.05, 4.69) is 132 Å². The molecular formula is C43H24N2OS. The predicted octanol–water partition coefficient (Wildman–Crippen LogP) is 12.3. The van der Waals surface area contributed by atoms with Crippen LogP contribution in [0.1, 0.15) is 5.56 Å². The number of benzene rings is 7. The molecule has 0 N–H and O–H groups in total. The number of fused-ring (bicyclic) bond motifs is 9. The Hall–Kier alpha value is -6.15. The van der Waals surface area contributed by atoms with Crippen LogP contribution in [0.25, 0.3) is 91.9 Å². The molecule has 0 aliphatic heterocycles. The van der Waals surface area contributed by atoms with Crippen LogP contribution in [0.4, 0.5) is 0 Å². The van der Waals surface area contributed by atoms with Crippen LogP contribution in [0.15, 0.2) is 150 Å². The largest absolute Gasteiger partial charge is 0.456 e. The van der Waals surface area contributed by atoms with Gasteiger partial charge in [0.2, 0.25) is 0 Å². The van der Waals surface area contributed by atoms with Crippen LogP contribution in [-0.4, -0.2) is 4.57 Å². The Labute approximate surface area is 273 Å². The van der Waals surface area contributed by atoms with Gasteiger partial charge in [-0.25, -0.2) is 0 Å². The van der Waals surface area contributed by atoms with E-state index in [1.165, 1.54) is 36.9 Å². The molecule has 0 aliphatic rings. The first-order valence-corrected chi connectivity index (χ1v) is 16.5. The van der Waals surface area contributed by atoms with Crippen molar-refractivity contribution in [1.82, 2.24) is 4.57 Å². The van der Waals surface area contributed by atoms with Gasteiger partial charge in [-0.3, -0.25) is 0 Å². The molecule has 0 radical (unpaired) electrons. The number of hydrogen-bond donors (Lipinski definition) is 0. The highest BCUT2D eigenvalue weighted by atomic mass is 32.1. The number of furan rings is 1. The van der Waals surface area contributed by atoms with Crippen molar-refractivity contribution in [3.05, 3.63) is 151 Å². The topological polar surface area (TPSA) is 41.9 Å². The van der Waals surface area contributed by atoms with Crippen molar-refractivity contribution >= 4 is 75.3 Å². The summed E-state index contributed by atoms with van der Waals surface area (Å²) in [6.07, 6.45) is 0. The minimum atomic E-state index is 0.668. The molecule has 0 saturated heterocycles. The highest BCUT2D eigenvalue weighted by Crippen LogP contribution is 2.47. The maximum absolute atomic E-state index is 9.68. The minimum absolute atomic E-state index is 0.668. The van der Waals surface area contributed by atoms with Gasteiger partial charge in [-0.2, -0.15) is 5.26 Å². The van der Waals surface area contributed by atoms with Crippen molar-refractivity contribution in [2.75, 3.05) is 0 Å². The first-order valence-electron chi connectivity index (χ1n) is 15.7. The Morgan fingerprint density at radius 1 is 0.511 bits per heavy atom. The molecule has 0 saturated carbocycles. The number of nitriles is 1. The van der Waals surface area contributed by atoms with Crippen molar-refractivity contribution < 1.29 is 4.42 Å². The molecular weight excluding hydrogens is 593 g/mol. The second kappa shape index (κ2) is 9.92. The van der Waals surface area contributed by atoms with Gasteiger partial charge in [-0.1, -0.05) is 91.0 Å². The SMILES string of the molecule is N#Cc1ccc2c(c1)c1ccccc1n2-c1cccc2c1sc1c(-c3ccccc3)cc(-c3cccc4oc5ccccc5c34)cc12. The summed E-state index contributed by atoms with van der Waals surface area (Å²) in [5, 5.41) is 16.6. The van der Waals surface area contributed by atoms with Crippen LogP contribution in [0.3, 0.4) is 0 Å². The van der Waals surface area contributed by atoms with E-state index in [9.17, 15) is 5.26 Å². The average Bonchev–Trinajstić information content (AvgIpc) is 3.81. The summed E-state index contributed by atoms with van der Waals surface area (Å²) >= 11 is 1.85. The van der Waals surface area contributed by atoms with Gasteiger partial charge < -0.3 is 8.98 Å². The van der Waals surface area contributed by atoms with E-state index in [-0.39, 0.29) is 0 Å². The van der Waals surface area contributed by atoms with Crippen molar-refractivity contribution in [1.29, 1.82) is 5.26 Å². The molecule has 47 heavy (non-hydrogen) atoms. The third-order valence-electron chi connectivity index (χ3n) is 9.42. The van der Waals surface area contributed by atoms with Crippen molar-refractivity contribution in [3.8, 4) is 34.0 Å². The molecule has 218 valence electrons. The van der Waals surface area contributed by atoms with Crippen molar-refractivity contribution in [3.63, 3.8) is 0 Å². The van der Waals surface area contributed by atoms with Gasteiger partial charge in [0.25, 0.3) is 0 Å². The second-order valence-corrected chi connectivity index (χ2v) is 13.0. The highest BCUT2D eigenvalue weighted by molar-refractivity contribution is 7.26. The van der Waals surface area contributed by atoms with E-state index in [4.69, 9.17) is 4.42 Å². The first-order chi connectivity index (χ1) is 23.3. The van der Waals surface area contributed by atoms with Crippen molar-refractivity contribution in [2.45, 2.75) is 0 Å². The second-order valence-electron chi connectivity index (χ2n) is 12.0. The lowest BCUT2D eigenvalue weighted by Crippen LogP contribution is -1.93. The highest BCUT2D eigenvalue weighted by Gasteiger charge is 2.20. The van der Waals surface area contributed by atoms with Gasteiger partial charge in [0.15, 0.2) is 0 Å². The van der Waals surface area contributed by atoms with Gasteiger partial charge in [0.1, 0.15) is 11.2 Å². The van der Waals surface area contributed by atoms with E-state index in [0.29, 0.717) is 5.56 Å². The first kappa shape index (κ1) is 26.1. The zero-order valence-electron chi connectivity index (χ0n) is 25.1. The van der Waals surface area contributed by atoms with Gasteiger partial charge in [0.05, 0.1) is 33.1 Å². The molecule has 7 aromatic carbocycles. The summed E-state index contributed by atoms with van der Waals surface area (Å²) in [6.45, 7) is 0. The standard InChI is InChI=1S/C43H24N2OS/c44-25-26-20-21-37-34(22-26)30-12-4-6-16-36(30)45(37)38-17-8-15-31-35-24-28(23-33(42(35)47-43(31)38)27-10-2-1-3-11-27)29-14-9-19-40-41(29)32-13-5-7-18-39(32)46-40/h1-24H. The fraction of sp³-hybridized carbons (Fsp3) is 0. The smallest absolute Gasteiger partial charge is 0.136 e. The van der Waals surface area contributed by atoms with E-state index >= 15 is 0 Å². The molecule has 10 aromatic rings. The summed E-state index contributed by atoms with van der Waals surface area (Å²) in [5.74, 6) is 0. The number of rotatable bonds is 3. The van der Waals surface area contributed by atoms with Crippen LogP contribution in [-0.2, 0) is 0 Å². The van der Waals surface area contributed by atoms with Gasteiger partial charge in [-0.15, -0.1) is 11.3 Å². The van der Waals surface area contributed by atoms with E-state index in [1.54, 1.807) is 0 Å². The Morgan fingerprint density at radius 3 is 2.15 bits per heavy atom. The predicted molar refractivity (Wildman–Crippen MR) is 197 cm³/mol. The van der Waals surface area contributed by atoms with Gasteiger partial charge in [-0.05, 0) is 71.3 Å². The van der Waals surface area contributed by atoms with Gasteiger partial charge >= 0.3 is 0 Å². The number of nitrogens with zero attached hydrogens (tertiary/aromatic N) is 2. The molecule has 0 atom stereocenters. The number of hydrogen-bond acceptors (Lipinski definition) is 3. The van der Waals surface area contributed by atoms with Crippen LogP contribution in [0.2, 0.25) is 0 Å². The summed E-state index contributed by atoms with van der Waals surface area (Å²) in [7, 11) is 0. The Balaban J connectivity index is 1.31. The van der Waals surface area contributed by atoms with Crippen LogP contribution in [0, 0.1) is 11.3 Å². The lowest BCUT2D eigenvalue weighted by atomic mass is 9.93. The van der Waals surface area contributed by atoms with E-state index in [0.717, 1.165) is 55.0 Å². The van der Waals surface area contributed by atoms with Crippen molar-refractivity contribution in [2.24, 2.45) is 0 Å². The Bertz CT molecular complexity index is 2920. The summed E-state index contributed by atoms with van der Waals surface area (Å²) < 4.78 is 11.2. The molecule has 0 spiro atoms. The maximum atomic E-state index is 9.68. The van der Waals surface area contributed by atoms with Crippen LogP contribution in [0.5, 0.6) is 0 Å². The van der Waals surface area contributed by atoms with Crippen LogP contribution >= 0.6 is 11.3 Å². The third-order valence-corrected chi connectivity index (χ3v) is 10.7. The minimum Gasteiger partial charge on any atom is -0.456 e. The number of para-hydroxylation sites is 2. The third kappa shape index (κ3) is 3.78. The lowest BCUT2D eigenvalue weighted by Gasteiger charge is -2.10. The normalized spacial score (nSPS) is 11.8. The summed E-state index contributed by atoms with van der Waals surface area (Å²) in [5.41, 5.74) is 10.6. The molecule has 3 nitrogen and oxygen atoms in total. The Kier molecular flexibility index (Phi) is 5.51. The molecule has 3 heterocycles. The van der Waals surface area contributed by atoms with E-state index in [1.807, 2.05) is 35.6 Å². The molecule has 0 amide bonds. The zero-order chi connectivity index (χ0) is 31.1. The molecule has 0 aliphatic carbocycles. The fourth-order valence-electron chi connectivity index (χ4n) is 7.37. The zero-order valence-corrected chi connectivity index (χ0v) is 25.9. The summed E-state index contributed by atoms with van der Waals surface area (Å²) in [4.78, 5) is 0. The monoisotopic (exact) mass is 616 g/mol. The maximum Gasteiger partial charge on any atom is 0.136 e. The molecule has 0 bridgehead atoms. The van der Waals surface area contributed by atoms with Gasteiger partial charge in [0, 0.05) is 42.6 Å². The molecule has 0 unspecified atom stereocenters. The summed E-state index contributed by atoms with van der Waals surface area (Å²) in [6, 6.07) is 53.6. The fourth-order valence-corrected chi connectivity index (χ4v) is 8.69. The lowest BCUT2D eigenvalue weighted by molar-refractivity contribution is 0.669. The van der Waals surface area contributed by atoms with Crippen LogP contribution < -0.4 is 0 Å². The quantitative estimate of drug-likeness (QED) is 0.198. The molecule has 0 fully saturated rings. The average molecular weight is 617 g/mol. The van der Waals surface area contributed by atoms with E-state index < -0.39 is 0 Å². The molecule has 4 heteroatoms. The molecule has 10 rings (SSSR count). The number of aromatic nitrogens is 1. The molecule has 3 aromatic heterocycles. The Morgan fingerprint density at radius 2 is 1.26 bits per heavy atom. The number of thiophene rings is 1.